The zero-order valence-corrected chi connectivity index (χ0v) is 17.2. The molecule has 0 saturated heterocycles. The summed E-state index contributed by atoms with van der Waals surface area (Å²) in [6, 6.07) is 7.04. The first-order valence-corrected chi connectivity index (χ1v) is 10.6. The average molecular weight is 383 g/mol. The van der Waals surface area contributed by atoms with Crippen molar-refractivity contribution in [3.8, 4) is 0 Å². The molecule has 1 aliphatic heterocycles. The van der Waals surface area contributed by atoms with E-state index in [1.165, 1.54) is 49.8 Å². The van der Waals surface area contributed by atoms with E-state index in [1.54, 1.807) is 24.3 Å². The Kier molecular flexibility index (Phi) is 7.01. The summed E-state index contributed by atoms with van der Waals surface area (Å²) in [5.41, 5.74) is 1.01. The number of hydrogen-bond acceptors (Lipinski definition) is 2. The molecule has 28 heavy (non-hydrogen) atoms. The Morgan fingerprint density at radius 1 is 0.857 bits per heavy atom. The van der Waals surface area contributed by atoms with Crippen molar-refractivity contribution < 1.29 is 14.2 Å². The zero-order chi connectivity index (χ0) is 19.9. The van der Waals surface area contributed by atoms with Crippen molar-refractivity contribution in [1.82, 2.24) is 9.47 Å². The van der Waals surface area contributed by atoms with Gasteiger partial charge in [0, 0.05) is 6.92 Å². The van der Waals surface area contributed by atoms with Crippen LogP contribution in [0.15, 0.2) is 36.7 Å². The number of imide groups is 1. The SMILES string of the molecule is CCCCCCCCCCn1cc[n+](CN2C(=O)c3ccccc3C2=O)c1C. The maximum Gasteiger partial charge on any atom is 0.264 e. The van der Waals surface area contributed by atoms with E-state index >= 15 is 0 Å². The Morgan fingerprint density at radius 2 is 1.43 bits per heavy atom. The smallest absolute Gasteiger partial charge is 0.264 e. The van der Waals surface area contributed by atoms with Gasteiger partial charge in [-0.25, -0.2) is 14.0 Å². The van der Waals surface area contributed by atoms with E-state index in [9.17, 15) is 9.59 Å². The van der Waals surface area contributed by atoms with E-state index < -0.39 is 0 Å². The van der Waals surface area contributed by atoms with E-state index in [0.29, 0.717) is 11.1 Å². The summed E-state index contributed by atoms with van der Waals surface area (Å²) < 4.78 is 4.20. The molecule has 2 aromatic rings. The van der Waals surface area contributed by atoms with Gasteiger partial charge in [-0.15, -0.1) is 0 Å². The first-order valence-electron chi connectivity index (χ1n) is 10.6. The number of fused-ring (bicyclic) bond motifs is 1. The summed E-state index contributed by atoms with van der Waals surface area (Å²) in [4.78, 5) is 26.4. The Bertz CT molecular complexity index is 790. The topological polar surface area (TPSA) is 46.2 Å². The van der Waals surface area contributed by atoms with Crippen molar-refractivity contribution in [3.63, 3.8) is 0 Å². The second kappa shape index (κ2) is 9.67. The molecule has 0 fully saturated rings. The standard InChI is InChI=1S/C23H32N3O2/c1-3-4-5-6-7-8-9-12-15-24-16-17-25(19(24)2)18-26-22(27)20-13-10-11-14-21(20)23(26)28/h10-11,13-14,16-17H,3-9,12,15,18H2,1-2H3/q+1. The van der Waals surface area contributed by atoms with Crippen LogP contribution in [0.2, 0.25) is 0 Å². The molecule has 0 aliphatic carbocycles. The number of carbonyl (C=O) groups excluding carboxylic acids is 2. The number of hydrogen-bond donors (Lipinski definition) is 0. The highest BCUT2D eigenvalue weighted by molar-refractivity contribution is 6.21. The minimum Gasteiger partial charge on any atom is -0.268 e. The lowest BCUT2D eigenvalue weighted by Gasteiger charge is -2.11. The first kappa shape index (κ1) is 20.3. The summed E-state index contributed by atoms with van der Waals surface area (Å²) in [6.45, 7) is 5.54. The monoisotopic (exact) mass is 382 g/mol. The second-order valence-electron chi connectivity index (χ2n) is 7.71. The van der Waals surface area contributed by atoms with Crippen LogP contribution in [0.25, 0.3) is 0 Å². The predicted molar refractivity (Wildman–Crippen MR) is 109 cm³/mol. The minimum absolute atomic E-state index is 0.205. The van der Waals surface area contributed by atoms with Gasteiger partial charge in [-0.1, -0.05) is 57.6 Å². The van der Waals surface area contributed by atoms with Crippen LogP contribution in [0.5, 0.6) is 0 Å². The Morgan fingerprint density at radius 3 is 2.04 bits per heavy atom. The molecule has 2 heterocycles. The van der Waals surface area contributed by atoms with Gasteiger partial charge in [0.1, 0.15) is 12.4 Å². The van der Waals surface area contributed by atoms with Gasteiger partial charge in [-0.3, -0.25) is 9.59 Å². The van der Waals surface area contributed by atoms with Crippen LogP contribution in [-0.2, 0) is 13.2 Å². The molecular weight excluding hydrogens is 350 g/mol. The number of aryl methyl sites for hydroxylation is 1. The number of aromatic nitrogens is 2. The van der Waals surface area contributed by atoms with Gasteiger partial charge in [-0.05, 0) is 25.0 Å². The molecule has 0 radical (unpaired) electrons. The second-order valence-corrected chi connectivity index (χ2v) is 7.71. The number of imidazole rings is 1. The lowest BCUT2D eigenvalue weighted by Crippen LogP contribution is -2.47. The number of nitrogens with zero attached hydrogens (tertiary/aromatic N) is 3. The molecule has 1 aromatic heterocycles. The highest BCUT2D eigenvalue weighted by atomic mass is 16.2. The van der Waals surface area contributed by atoms with E-state index in [-0.39, 0.29) is 18.5 Å². The van der Waals surface area contributed by atoms with E-state index in [2.05, 4.69) is 17.7 Å². The molecule has 1 aromatic carbocycles. The van der Waals surface area contributed by atoms with Crippen molar-refractivity contribution >= 4 is 11.8 Å². The first-order chi connectivity index (χ1) is 13.6. The fraction of sp³-hybridized carbons (Fsp3) is 0.522. The van der Waals surface area contributed by atoms with Crippen molar-refractivity contribution in [3.05, 3.63) is 53.6 Å². The van der Waals surface area contributed by atoms with Gasteiger partial charge in [0.05, 0.1) is 17.7 Å². The highest BCUT2D eigenvalue weighted by Gasteiger charge is 2.36. The van der Waals surface area contributed by atoms with Crippen LogP contribution in [0, 0.1) is 6.92 Å². The molecule has 0 atom stereocenters. The third-order valence-corrected chi connectivity index (χ3v) is 5.68. The van der Waals surface area contributed by atoms with E-state index in [4.69, 9.17) is 0 Å². The molecule has 5 nitrogen and oxygen atoms in total. The van der Waals surface area contributed by atoms with Gasteiger partial charge in [0.2, 0.25) is 0 Å². The number of benzene rings is 1. The van der Waals surface area contributed by atoms with Crippen LogP contribution in [0.4, 0.5) is 0 Å². The largest absolute Gasteiger partial charge is 0.268 e. The molecule has 0 spiro atoms. The maximum atomic E-state index is 12.6. The molecule has 5 heteroatoms. The average Bonchev–Trinajstić information content (AvgIpc) is 3.17. The molecule has 3 rings (SSSR count). The van der Waals surface area contributed by atoms with Crippen LogP contribution in [0.3, 0.4) is 0 Å². The highest BCUT2D eigenvalue weighted by Crippen LogP contribution is 2.22. The normalized spacial score (nSPS) is 13.4. The van der Waals surface area contributed by atoms with Crippen LogP contribution in [0.1, 0.15) is 84.8 Å². The van der Waals surface area contributed by atoms with Gasteiger partial charge in [0.15, 0.2) is 6.67 Å². The number of unbranched alkanes of at least 4 members (excludes halogenated alkanes) is 7. The molecule has 0 N–H and O–H groups in total. The summed E-state index contributed by atoms with van der Waals surface area (Å²) in [6.07, 6.45) is 14.4. The predicted octanol–water partition coefficient (Wildman–Crippen LogP) is 4.48. The summed E-state index contributed by atoms with van der Waals surface area (Å²) in [5, 5.41) is 0. The Hall–Kier alpha value is -2.43. The van der Waals surface area contributed by atoms with Crippen molar-refractivity contribution in [2.75, 3.05) is 0 Å². The molecule has 1 aliphatic rings. The number of rotatable bonds is 11. The summed E-state index contributed by atoms with van der Waals surface area (Å²) in [5.74, 6) is 0.658. The molecule has 2 amide bonds. The fourth-order valence-corrected chi connectivity index (χ4v) is 3.86. The summed E-state index contributed by atoms with van der Waals surface area (Å²) >= 11 is 0. The van der Waals surface area contributed by atoms with Gasteiger partial charge < -0.3 is 0 Å². The minimum atomic E-state index is -0.205. The number of amides is 2. The van der Waals surface area contributed by atoms with Gasteiger partial charge in [0.25, 0.3) is 17.6 Å². The van der Waals surface area contributed by atoms with Crippen molar-refractivity contribution in [2.45, 2.75) is 78.4 Å². The van der Waals surface area contributed by atoms with Crippen LogP contribution < -0.4 is 4.57 Å². The molecular formula is C23H32N3O2+. The van der Waals surface area contributed by atoms with Gasteiger partial charge in [-0.2, -0.15) is 0 Å². The van der Waals surface area contributed by atoms with Gasteiger partial charge >= 0.3 is 0 Å². The fourth-order valence-electron chi connectivity index (χ4n) is 3.86. The van der Waals surface area contributed by atoms with Crippen LogP contribution in [-0.4, -0.2) is 21.3 Å². The van der Waals surface area contributed by atoms with E-state index in [1.807, 2.05) is 17.7 Å². The molecule has 0 saturated carbocycles. The maximum absolute atomic E-state index is 12.6. The summed E-state index contributed by atoms with van der Waals surface area (Å²) in [7, 11) is 0. The third kappa shape index (κ3) is 4.51. The Labute approximate surface area is 168 Å². The van der Waals surface area contributed by atoms with Crippen molar-refractivity contribution in [2.24, 2.45) is 0 Å². The molecule has 150 valence electrons. The third-order valence-electron chi connectivity index (χ3n) is 5.68. The van der Waals surface area contributed by atoms with Crippen LogP contribution >= 0.6 is 0 Å². The zero-order valence-electron chi connectivity index (χ0n) is 17.2. The molecule has 0 unspecified atom stereocenters. The Balaban J connectivity index is 1.49. The quantitative estimate of drug-likeness (QED) is 0.327. The molecule has 0 bridgehead atoms. The lowest BCUT2D eigenvalue weighted by atomic mass is 10.1. The number of carbonyl (C=O) groups is 2. The van der Waals surface area contributed by atoms with E-state index in [0.717, 1.165) is 18.8 Å². The van der Waals surface area contributed by atoms with Crippen molar-refractivity contribution in [1.29, 1.82) is 0 Å². The lowest BCUT2D eigenvalue weighted by molar-refractivity contribution is -0.714.